The zero-order valence-electron chi connectivity index (χ0n) is 6.74. The standard InChI is InChI=1S/C7H6BrN3S2/c1-3-2-4(12-5(3)8)6-10-7(9)11-13-6/h2H,1H3,(H2,9,11). The quantitative estimate of drug-likeness (QED) is 0.871. The molecule has 68 valence electrons. The van der Waals surface area contributed by atoms with Gasteiger partial charge in [-0.2, -0.15) is 9.36 Å². The second-order valence-corrected chi connectivity index (χ2v) is 5.65. The summed E-state index contributed by atoms with van der Waals surface area (Å²) in [5, 5.41) is 0.885. The molecule has 0 atom stereocenters. The van der Waals surface area contributed by atoms with Gasteiger partial charge in [-0.05, 0) is 46.0 Å². The minimum Gasteiger partial charge on any atom is -0.367 e. The minimum absolute atomic E-state index is 0.349. The van der Waals surface area contributed by atoms with Gasteiger partial charge in [-0.15, -0.1) is 11.3 Å². The third kappa shape index (κ3) is 1.74. The van der Waals surface area contributed by atoms with Gasteiger partial charge in [0.25, 0.3) is 0 Å². The van der Waals surface area contributed by atoms with Crippen molar-refractivity contribution < 1.29 is 0 Å². The molecular weight excluding hydrogens is 270 g/mol. The lowest BCUT2D eigenvalue weighted by Crippen LogP contribution is -1.84. The number of aryl methyl sites for hydroxylation is 1. The van der Waals surface area contributed by atoms with E-state index in [2.05, 4.69) is 38.3 Å². The van der Waals surface area contributed by atoms with Crippen LogP contribution in [0.25, 0.3) is 9.88 Å². The van der Waals surface area contributed by atoms with Crippen LogP contribution < -0.4 is 5.73 Å². The highest BCUT2D eigenvalue weighted by Gasteiger charge is 2.09. The fraction of sp³-hybridized carbons (Fsp3) is 0.143. The minimum atomic E-state index is 0.349. The number of nitrogens with two attached hydrogens (primary N) is 1. The molecule has 0 aromatic carbocycles. The van der Waals surface area contributed by atoms with Crippen molar-refractivity contribution in [2.75, 3.05) is 5.73 Å². The molecule has 0 aliphatic heterocycles. The number of hydrogen-bond acceptors (Lipinski definition) is 5. The maximum atomic E-state index is 5.44. The van der Waals surface area contributed by atoms with Crippen LogP contribution in [0.1, 0.15) is 5.56 Å². The summed E-state index contributed by atoms with van der Waals surface area (Å²) < 4.78 is 5.07. The van der Waals surface area contributed by atoms with Gasteiger partial charge in [0, 0.05) is 0 Å². The number of aromatic nitrogens is 2. The van der Waals surface area contributed by atoms with Gasteiger partial charge < -0.3 is 5.73 Å². The number of halogens is 1. The van der Waals surface area contributed by atoms with Crippen LogP contribution in [0.15, 0.2) is 9.85 Å². The summed E-state index contributed by atoms with van der Waals surface area (Å²) in [5.74, 6) is 0.349. The molecule has 2 aromatic rings. The van der Waals surface area contributed by atoms with Crippen LogP contribution in [0.2, 0.25) is 0 Å². The van der Waals surface area contributed by atoms with E-state index in [9.17, 15) is 0 Å². The van der Waals surface area contributed by atoms with Gasteiger partial charge in [0.05, 0.1) is 8.66 Å². The molecule has 0 saturated carbocycles. The van der Waals surface area contributed by atoms with E-state index in [1.807, 2.05) is 0 Å². The Morgan fingerprint density at radius 1 is 1.54 bits per heavy atom. The first-order chi connectivity index (χ1) is 6.16. The Kier molecular flexibility index (Phi) is 2.35. The van der Waals surface area contributed by atoms with Crippen molar-refractivity contribution in [3.8, 4) is 9.88 Å². The largest absolute Gasteiger partial charge is 0.367 e. The van der Waals surface area contributed by atoms with Crippen LogP contribution in [-0.4, -0.2) is 9.36 Å². The van der Waals surface area contributed by atoms with Gasteiger partial charge in [0.1, 0.15) is 0 Å². The Bertz CT molecular complexity index is 415. The molecule has 0 unspecified atom stereocenters. The Morgan fingerprint density at radius 3 is 2.77 bits per heavy atom. The van der Waals surface area contributed by atoms with Gasteiger partial charge >= 0.3 is 0 Å². The third-order valence-corrected chi connectivity index (χ3v) is 4.54. The first-order valence-corrected chi connectivity index (χ1v) is 5.90. The van der Waals surface area contributed by atoms with E-state index >= 15 is 0 Å². The van der Waals surface area contributed by atoms with E-state index in [1.54, 1.807) is 11.3 Å². The number of hydrogen-bond donors (Lipinski definition) is 1. The SMILES string of the molecule is Cc1cc(-c2nc(N)ns2)sc1Br. The van der Waals surface area contributed by atoms with Crippen molar-refractivity contribution in [2.45, 2.75) is 6.92 Å². The second-order valence-electron chi connectivity index (χ2n) is 2.53. The lowest BCUT2D eigenvalue weighted by atomic mass is 10.3. The number of anilines is 1. The highest BCUT2D eigenvalue weighted by atomic mass is 79.9. The molecule has 0 aliphatic carbocycles. The maximum absolute atomic E-state index is 5.44. The predicted molar refractivity (Wildman–Crippen MR) is 60.1 cm³/mol. The molecule has 0 radical (unpaired) electrons. The normalized spacial score (nSPS) is 10.6. The van der Waals surface area contributed by atoms with E-state index in [-0.39, 0.29) is 0 Å². The van der Waals surface area contributed by atoms with Gasteiger partial charge in [-0.25, -0.2) is 0 Å². The van der Waals surface area contributed by atoms with Crippen molar-refractivity contribution in [3.63, 3.8) is 0 Å². The molecule has 0 fully saturated rings. The van der Waals surface area contributed by atoms with Crippen LogP contribution in [-0.2, 0) is 0 Å². The second kappa shape index (κ2) is 3.36. The lowest BCUT2D eigenvalue weighted by molar-refractivity contribution is 1.35. The molecule has 2 rings (SSSR count). The monoisotopic (exact) mass is 275 g/mol. The molecule has 0 bridgehead atoms. The Hall–Kier alpha value is -0.460. The summed E-state index contributed by atoms with van der Waals surface area (Å²) in [5.41, 5.74) is 6.66. The van der Waals surface area contributed by atoms with Crippen molar-refractivity contribution in [1.29, 1.82) is 0 Å². The maximum Gasteiger partial charge on any atom is 0.232 e. The molecule has 3 nitrogen and oxygen atoms in total. The van der Waals surface area contributed by atoms with Crippen molar-refractivity contribution in [2.24, 2.45) is 0 Å². The van der Waals surface area contributed by atoms with Crippen molar-refractivity contribution in [1.82, 2.24) is 9.36 Å². The molecule has 0 amide bonds. The Morgan fingerprint density at radius 2 is 2.31 bits per heavy atom. The smallest absolute Gasteiger partial charge is 0.232 e. The summed E-state index contributed by atoms with van der Waals surface area (Å²) in [7, 11) is 0. The molecule has 0 aliphatic rings. The highest BCUT2D eigenvalue weighted by molar-refractivity contribution is 9.11. The van der Waals surface area contributed by atoms with Crippen LogP contribution in [0.5, 0.6) is 0 Å². The Labute approximate surface area is 91.9 Å². The Balaban J connectivity index is 2.46. The number of nitrogens with zero attached hydrogens (tertiary/aromatic N) is 2. The van der Waals surface area contributed by atoms with Gasteiger partial charge in [-0.3, -0.25) is 0 Å². The predicted octanol–water partition coefficient (Wildman–Crippen LogP) is 2.92. The average molecular weight is 276 g/mol. The molecule has 13 heavy (non-hydrogen) atoms. The molecule has 2 aromatic heterocycles. The van der Waals surface area contributed by atoms with E-state index in [1.165, 1.54) is 17.1 Å². The first-order valence-electron chi connectivity index (χ1n) is 3.52. The zero-order chi connectivity index (χ0) is 9.42. The molecule has 0 spiro atoms. The number of nitrogen functional groups attached to an aromatic ring is 1. The van der Waals surface area contributed by atoms with E-state index in [0.717, 1.165) is 13.7 Å². The first kappa shape index (κ1) is 9.11. The highest BCUT2D eigenvalue weighted by Crippen LogP contribution is 2.35. The van der Waals surface area contributed by atoms with Crippen LogP contribution >= 0.6 is 38.8 Å². The van der Waals surface area contributed by atoms with Crippen LogP contribution in [0, 0.1) is 6.92 Å². The fourth-order valence-electron chi connectivity index (χ4n) is 0.900. The molecule has 2 N–H and O–H groups in total. The van der Waals surface area contributed by atoms with Crippen molar-refractivity contribution in [3.05, 3.63) is 15.4 Å². The van der Waals surface area contributed by atoms with Crippen molar-refractivity contribution >= 4 is 44.7 Å². The van der Waals surface area contributed by atoms with Crippen LogP contribution in [0.3, 0.4) is 0 Å². The van der Waals surface area contributed by atoms with E-state index in [0.29, 0.717) is 5.95 Å². The summed E-state index contributed by atoms with van der Waals surface area (Å²) in [4.78, 5) is 5.22. The lowest BCUT2D eigenvalue weighted by Gasteiger charge is -1.83. The van der Waals surface area contributed by atoms with Gasteiger partial charge in [-0.1, -0.05) is 0 Å². The summed E-state index contributed by atoms with van der Waals surface area (Å²) in [6.07, 6.45) is 0. The third-order valence-electron chi connectivity index (χ3n) is 1.51. The summed E-state index contributed by atoms with van der Waals surface area (Å²) in [6, 6.07) is 2.08. The topological polar surface area (TPSA) is 51.8 Å². The van der Waals surface area contributed by atoms with E-state index in [4.69, 9.17) is 5.73 Å². The van der Waals surface area contributed by atoms with Gasteiger partial charge in [0.2, 0.25) is 5.95 Å². The van der Waals surface area contributed by atoms with E-state index < -0.39 is 0 Å². The van der Waals surface area contributed by atoms with Crippen LogP contribution in [0.4, 0.5) is 5.95 Å². The molecule has 2 heterocycles. The fourth-order valence-corrected chi connectivity index (χ4v) is 3.06. The molecule has 6 heteroatoms. The summed E-state index contributed by atoms with van der Waals surface area (Å²) in [6.45, 7) is 2.05. The van der Waals surface area contributed by atoms with Gasteiger partial charge in [0.15, 0.2) is 5.01 Å². The number of thiophene rings is 1. The molecule has 0 saturated heterocycles. The number of rotatable bonds is 1. The average Bonchev–Trinajstić information content (AvgIpc) is 2.61. The molecular formula is C7H6BrN3S2. The summed E-state index contributed by atoms with van der Waals surface area (Å²) >= 11 is 6.44. The zero-order valence-corrected chi connectivity index (χ0v) is 9.96.